The van der Waals surface area contributed by atoms with Gasteiger partial charge < -0.3 is 15.6 Å². The van der Waals surface area contributed by atoms with Gasteiger partial charge >= 0.3 is 5.97 Å². The standard InChI is InChI=1S/C15H23NO3/c1-15(2,3)12-4-6-13(7-5-12)19-10-11(9-16)8-14(17)18/h4-7,11H,8-10,16H2,1-3H3,(H,17,18). The molecule has 0 spiro atoms. The van der Waals surface area contributed by atoms with E-state index in [-0.39, 0.29) is 17.8 Å². The monoisotopic (exact) mass is 265 g/mol. The van der Waals surface area contributed by atoms with Crippen LogP contribution >= 0.6 is 0 Å². The highest BCUT2D eigenvalue weighted by Crippen LogP contribution is 2.24. The number of nitrogens with two attached hydrogens (primary N) is 1. The molecule has 0 aliphatic heterocycles. The topological polar surface area (TPSA) is 72.5 Å². The second kappa shape index (κ2) is 6.57. The Kier molecular flexibility index (Phi) is 5.36. The first kappa shape index (κ1) is 15.5. The molecule has 0 saturated heterocycles. The maximum Gasteiger partial charge on any atom is 0.303 e. The van der Waals surface area contributed by atoms with Crippen molar-refractivity contribution in [2.24, 2.45) is 11.7 Å². The number of carbonyl (C=O) groups is 1. The molecule has 0 fully saturated rings. The molecule has 4 heteroatoms. The van der Waals surface area contributed by atoms with Crippen LogP contribution in [0, 0.1) is 5.92 Å². The summed E-state index contributed by atoms with van der Waals surface area (Å²) in [6.45, 7) is 7.10. The molecule has 19 heavy (non-hydrogen) atoms. The van der Waals surface area contributed by atoms with E-state index in [4.69, 9.17) is 15.6 Å². The van der Waals surface area contributed by atoms with Crippen molar-refractivity contribution >= 4 is 5.97 Å². The van der Waals surface area contributed by atoms with Gasteiger partial charge in [-0.3, -0.25) is 4.79 Å². The summed E-state index contributed by atoms with van der Waals surface area (Å²) >= 11 is 0. The fourth-order valence-corrected chi connectivity index (χ4v) is 1.72. The van der Waals surface area contributed by atoms with Crippen molar-refractivity contribution in [2.45, 2.75) is 32.6 Å². The summed E-state index contributed by atoms with van der Waals surface area (Å²) in [7, 11) is 0. The Balaban J connectivity index is 2.56. The van der Waals surface area contributed by atoms with Crippen molar-refractivity contribution < 1.29 is 14.6 Å². The number of carboxylic acids is 1. The van der Waals surface area contributed by atoms with Crippen LogP contribution in [0.3, 0.4) is 0 Å². The number of rotatable bonds is 6. The van der Waals surface area contributed by atoms with E-state index in [1.54, 1.807) is 0 Å². The Morgan fingerprint density at radius 2 is 1.89 bits per heavy atom. The molecule has 1 rings (SSSR count). The van der Waals surface area contributed by atoms with Crippen LogP contribution in [0.2, 0.25) is 0 Å². The second-order valence-corrected chi connectivity index (χ2v) is 5.78. The van der Waals surface area contributed by atoms with Crippen molar-refractivity contribution in [3.05, 3.63) is 29.8 Å². The number of hydrogen-bond donors (Lipinski definition) is 2. The molecule has 0 aromatic heterocycles. The molecule has 0 heterocycles. The van der Waals surface area contributed by atoms with E-state index in [0.717, 1.165) is 5.75 Å². The Bertz CT molecular complexity index is 406. The molecule has 0 amide bonds. The predicted molar refractivity (Wildman–Crippen MR) is 75.4 cm³/mol. The Morgan fingerprint density at radius 3 is 2.32 bits per heavy atom. The molecule has 0 aliphatic carbocycles. The molecule has 1 atom stereocenters. The number of carboxylic acid groups (broad SMARTS) is 1. The zero-order valence-electron chi connectivity index (χ0n) is 11.8. The van der Waals surface area contributed by atoms with E-state index in [0.29, 0.717) is 13.2 Å². The fraction of sp³-hybridized carbons (Fsp3) is 0.533. The Hall–Kier alpha value is -1.55. The summed E-state index contributed by atoms with van der Waals surface area (Å²) < 4.78 is 5.58. The van der Waals surface area contributed by atoms with E-state index in [1.165, 1.54) is 5.56 Å². The molecule has 0 bridgehead atoms. The number of aliphatic carboxylic acids is 1. The smallest absolute Gasteiger partial charge is 0.303 e. The molecule has 0 radical (unpaired) electrons. The van der Waals surface area contributed by atoms with E-state index in [1.807, 2.05) is 24.3 Å². The van der Waals surface area contributed by atoms with Crippen molar-refractivity contribution in [1.82, 2.24) is 0 Å². The van der Waals surface area contributed by atoms with Gasteiger partial charge in [0.05, 0.1) is 13.0 Å². The van der Waals surface area contributed by atoms with E-state index in [2.05, 4.69) is 20.8 Å². The third-order valence-corrected chi connectivity index (χ3v) is 3.00. The summed E-state index contributed by atoms with van der Waals surface area (Å²) in [6, 6.07) is 7.89. The zero-order chi connectivity index (χ0) is 14.5. The molecule has 1 unspecified atom stereocenters. The van der Waals surface area contributed by atoms with Crippen LogP contribution < -0.4 is 10.5 Å². The lowest BCUT2D eigenvalue weighted by Crippen LogP contribution is -2.24. The molecular weight excluding hydrogens is 242 g/mol. The van der Waals surface area contributed by atoms with Gasteiger partial charge in [-0.25, -0.2) is 0 Å². The number of ether oxygens (including phenoxy) is 1. The average Bonchev–Trinajstić information content (AvgIpc) is 2.33. The minimum atomic E-state index is -0.845. The van der Waals surface area contributed by atoms with Crippen LogP contribution in [0.25, 0.3) is 0 Å². The number of hydrogen-bond acceptors (Lipinski definition) is 3. The van der Waals surface area contributed by atoms with Crippen molar-refractivity contribution in [3.8, 4) is 5.75 Å². The molecule has 3 N–H and O–H groups in total. The third kappa shape index (κ3) is 5.30. The maximum atomic E-state index is 10.6. The first-order valence-corrected chi connectivity index (χ1v) is 6.48. The second-order valence-electron chi connectivity index (χ2n) is 5.78. The normalized spacial score (nSPS) is 13.1. The van der Waals surface area contributed by atoms with Gasteiger partial charge in [-0.05, 0) is 29.7 Å². The Labute approximate surface area is 114 Å². The van der Waals surface area contributed by atoms with Crippen LogP contribution in [0.5, 0.6) is 5.75 Å². The van der Waals surface area contributed by atoms with Gasteiger partial charge in [0.15, 0.2) is 0 Å². The lowest BCUT2D eigenvalue weighted by atomic mass is 9.87. The highest BCUT2D eigenvalue weighted by Gasteiger charge is 2.14. The lowest BCUT2D eigenvalue weighted by molar-refractivity contribution is -0.138. The summed E-state index contributed by atoms with van der Waals surface area (Å²) in [5, 5.41) is 8.73. The summed E-state index contributed by atoms with van der Waals surface area (Å²) in [5.74, 6) is -0.251. The predicted octanol–water partition coefficient (Wildman–Crippen LogP) is 2.41. The fourth-order valence-electron chi connectivity index (χ4n) is 1.72. The van der Waals surface area contributed by atoms with Crippen molar-refractivity contribution in [1.29, 1.82) is 0 Å². The first-order chi connectivity index (χ1) is 8.82. The molecule has 0 aliphatic rings. The molecule has 0 saturated carbocycles. The molecule has 1 aromatic carbocycles. The largest absolute Gasteiger partial charge is 0.493 e. The Morgan fingerprint density at radius 1 is 1.32 bits per heavy atom. The highest BCUT2D eigenvalue weighted by molar-refractivity contribution is 5.67. The van der Waals surface area contributed by atoms with Crippen LogP contribution in [0.4, 0.5) is 0 Å². The number of benzene rings is 1. The summed E-state index contributed by atoms with van der Waals surface area (Å²) in [4.78, 5) is 10.6. The molecular formula is C15H23NO3. The van der Waals surface area contributed by atoms with Gasteiger partial charge in [0.25, 0.3) is 0 Å². The highest BCUT2D eigenvalue weighted by atomic mass is 16.5. The van der Waals surface area contributed by atoms with E-state index < -0.39 is 5.97 Å². The van der Waals surface area contributed by atoms with Gasteiger partial charge in [0.2, 0.25) is 0 Å². The van der Waals surface area contributed by atoms with Crippen LogP contribution in [0.15, 0.2) is 24.3 Å². The minimum absolute atomic E-state index is 0.0383. The summed E-state index contributed by atoms with van der Waals surface area (Å²) in [6.07, 6.45) is 0.0383. The van der Waals surface area contributed by atoms with E-state index in [9.17, 15) is 4.79 Å². The third-order valence-electron chi connectivity index (χ3n) is 3.00. The minimum Gasteiger partial charge on any atom is -0.493 e. The van der Waals surface area contributed by atoms with Crippen LogP contribution in [0.1, 0.15) is 32.8 Å². The quantitative estimate of drug-likeness (QED) is 0.828. The average molecular weight is 265 g/mol. The van der Waals surface area contributed by atoms with E-state index >= 15 is 0 Å². The van der Waals surface area contributed by atoms with Crippen LogP contribution in [-0.4, -0.2) is 24.2 Å². The van der Waals surface area contributed by atoms with Gasteiger partial charge in [-0.15, -0.1) is 0 Å². The van der Waals surface area contributed by atoms with Crippen molar-refractivity contribution in [2.75, 3.05) is 13.2 Å². The summed E-state index contributed by atoms with van der Waals surface area (Å²) in [5.41, 5.74) is 6.87. The zero-order valence-corrected chi connectivity index (χ0v) is 11.8. The van der Waals surface area contributed by atoms with Gasteiger partial charge in [0.1, 0.15) is 5.75 Å². The lowest BCUT2D eigenvalue weighted by Gasteiger charge is -2.19. The van der Waals surface area contributed by atoms with Gasteiger partial charge in [0, 0.05) is 5.92 Å². The molecule has 106 valence electrons. The molecule has 1 aromatic rings. The van der Waals surface area contributed by atoms with Crippen LogP contribution in [-0.2, 0) is 10.2 Å². The van der Waals surface area contributed by atoms with Gasteiger partial charge in [-0.2, -0.15) is 0 Å². The van der Waals surface area contributed by atoms with Gasteiger partial charge in [-0.1, -0.05) is 32.9 Å². The first-order valence-electron chi connectivity index (χ1n) is 6.48. The molecule has 4 nitrogen and oxygen atoms in total. The van der Waals surface area contributed by atoms with Crippen molar-refractivity contribution in [3.63, 3.8) is 0 Å². The SMILES string of the molecule is CC(C)(C)c1ccc(OCC(CN)CC(=O)O)cc1. The maximum absolute atomic E-state index is 10.6.